The molecule has 0 saturated carbocycles. The summed E-state index contributed by atoms with van der Waals surface area (Å²) in [4.78, 5) is 39.5. The van der Waals surface area contributed by atoms with Crippen LogP contribution in [0.3, 0.4) is 0 Å². The van der Waals surface area contributed by atoms with E-state index in [1.807, 2.05) is 43.1 Å². The fraction of sp³-hybridized carbons (Fsp3) is 0.259. The van der Waals surface area contributed by atoms with Gasteiger partial charge in [-0.05, 0) is 49.7 Å². The van der Waals surface area contributed by atoms with Gasteiger partial charge in [-0.1, -0.05) is 18.2 Å². The van der Waals surface area contributed by atoms with E-state index >= 15 is 0 Å². The molecule has 0 unspecified atom stereocenters. The number of aromatic nitrogens is 1. The van der Waals surface area contributed by atoms with E-state index in [0.717, 1.165) is 27.2 Å². The molecule has 0 spiro atoms. The van der Waals surface area contributed by atoms with E-state index in [1.54, 1.807) is 42.6 Å². The Morgan fingerprint density at radius 3 is 2.50 bits per heavy atom. The molecular formula is C27H27F3N6O3S. The molecule has 1 aromatic heterocycles. The lowest BCUT2D eigenvalue weighted by molar-refractivity contribution is -0.135. The Balaban J connectivity index is 1.79. The highest BCUT2D eigenvalue weighted by atomic mass is 32.1. The standard InChI is InChI=1S/C27H27F3N6O3S/c1-4-36-25(39)22(40-26(36)21(13-31)24(38)33-16-27(28,29)30)14-32-18-8-6-9-19(12-18)34-23(37)15-35(3)20-10-5-7-17(2)11-20/h5-12,14,32H,4,15-16H2,1-3H3,(H,33,38)(H,34,37). The highest BCUT2D eigenvalue weighted by molar-refractivity contribution is 7.07. The van der Waals surface area contributed by atoms with E-state index in [9.17, 15) is 32.8 Å². The molecule has 0 bridgehead atoms. The number of benzene rings is 2. The molecule has 0 saturated heterocycles. The van der Waals surface area contributed by atoms with Crippen LogP contribution in [0.1, 0.15) is 12.5 Å². The summed E-state index contributed by atoms with van der Waals surface area (Å²) in [6.45, 7) is 2.19. The Bertz CT molecular complexity index is 1620. The number of aryl methyl sites for hydroxylation is 1. The van der Waals surface area contributed by atoms with Gasteiger partial charge in [-0.2, -0.15) is 18.4 Å². The van der Waals surface area contributed by atoms with Gasteiger partial charge >= 0.3 is 6.18 Å². The number of nitriles is 1. The zero-order valence-corrected chi connectivity index (χ0v) is 22.7. The molecule has 2 aromatic carbocycles. The molecule has 3 rings (SSSR count). The second-order valence-corrected chi connectivity index (χ2v) is 9.75. The van der Waals surface area contributed by atoms with Gasteiger partial charge in [0.05, 0.1) is 6.54 Å². The Kier molecular flexibility index (Phi) is 9.73. The average molecular weight is 573 g/mol. The molecule has 3 N–H and O–H groups in total. The minimum atomic E-state index is -4.65. The van der Waals surface area contributed by atoms with Crippen molar-refractivity contribution in [3.8, 4) is 6.07 Å². The molecule has 13 heteroatoms. The molecular weight excluding hydrogens is 545 g/mol. The second-order valence-electron chi connectivity index (χ2n) is 8.72. The lowest BCUT2D eigenvalue weighted by atomic mass is 10.2. The first-order chi connectivity index (χ1) is 18.9. The third-order valence-corrected chi connectivity index (χ3v) is 6.70. The van der Waals surface area contributed by atoms with E-state index in [2.05, 4.69) is 10.6 Å². The van der Waals surface area contributed by atoms with Crippen molar-refractivity contribution in [1.82, 2.24) is 9.88 Å². The number of nitrogens with zero attached hydrogens (tertiary/aromatic N) is 3. The van der Waals surface area contributed by atoms with Crippen LogP contribution < -0.4 is 35.6 Å². The number of likely N-dealkylation sites (N-methyl/N-ethyl adjacent to an activating group) is 1. The van der Waals surface area contributed by atoms with Crippen molar-refractivity contribution in [2.45, 2.75) is 26.6 Å². The van der Waals surface area contributed by atoms with Gasteiger partial charge in [-0.3, -0.25) is 19.0 Å². The molecule has 40 heavy (non-hydrogen) atoms. The number of thiazole rings is 1. The molecule has 2 amide bonds. The molecule has 0 radical (unpaired) electrons. The number of rotatable bonds is 9. The van der Waals surface area contributed by atoms with Gasteiger partial charge in [0.25, 0.3) is 11.5 Å². The number of carbonyl (C=O) groups excluding carboxylic acids is 2. The summed E-state index contributed by atoms with van der Waals surface area (Å²) in [7, 11) is 1.81. The van der Waals surface area contributed by atoms with Crippen LogP contribution in [0.4, 0.5) is 30.2 Å². The molecule has 9 nitrogen and oxygen atoms in total. The van der Waals surface area contributed by atoms with Crippen molar-refractivity contribution in [2.75, 3.05) is 35.7 Å². The van der Waals surface area contributed by atoms with E-state index in [4.69, 9.17) is 0 Å². The Morgan fingerprint density at radius 2 is 1.85 bits per heavy atom. The second kappa shape index (κ2) is 13.0. The summed E-state index contributed by atoms with van der Waals surface area (Å²) in [6, 6.07) is 16.1. The van der Waals surface area contributed by atoms with Crippen LogP contribution in [0, 0.1) is 18.3 Å². The van der Waals surface area contributed by atoms with Gasteiger partial charge in [0.1, 0.15) is 21.8 Å². The summed E-state index contributed by atoms with van der Waals surface area (Å²) < 4.78 is 38.7. The highest BCUT2D eigenvalue weighted by Crippen LogP contribution is 2.17. The van der Waals surface area contributed by atoms with Crippen LogP contribution >= 0.6 is 11.3 Å². The maximum Gasteiger partial charge on any atom is 0.405 e. The number of carbonyl (C=O) groups is 2. The van der Waals surface area contributed by atoms with Crippen molar-refractivity contribution >= 4 is 52.0 Å². The Hall–Kier alpha value is -4.57. The van der Waals surface area contributed by atoms with Crippen molar-refractivity contribution in [1.29, 1.82) is 5.26 Å². The molecule has 1 heterocycles. The third kappa shape index (κ3) is 7.97. The van der Waals surface area contributed by atoms with Crippen LogP contribution in [-0.2, 0) is 16.1 Å². The zero-order valence-electron chi connectivity index (χ0n) is 21.9. The SMILES string of the molecule is CCn1c(=C(C#N)C(=O)NCC(F)(F)F)sc(=CNc2cccc(NC(=O)CN(C)c3cccc(C)c3)c2)c1=O. The number of nitrogens with one attached hydrogen (secondary N) is 3. The van der Waals surface area contributed by atoms with Gasteiger partial charge in [0.15, 0.2) is 5.57 Å². The van der Waals surface area contributed by atoms with E-state index in [1.165, 1.54) is 6.20 Å². The number of halogens is 3. The number of anilines is 3. The maximum absolute atomic E-state index is 12.9. The normalized spacial score (nSPS) is 12.4. The summed E-state index contributed by atoms with van der Waals surface area (Å²) in [6.07, 6.45) is -3.28. The summed E-state index contributed by atoms with van der Waals surface area (Å²) in [5, 5.41) is 16.9. The smallest absolute Gasteiger partial charge is 0.365 e. The maximum atomic E-state index is 12.9. The first kappa shape index (κ1) is 30.0. The van der Waals surface area contributed by atoms with Gasteiger partial charge in [-0.15, -0.1) is 11.3 Å². The summed E-state index contributed by atoms with van der Waals surface area (Å²) in [5.41, 5.74) is 1.93. The number of alkyl halides is 3. The lowest BCUT2D eigenvalue weighted by Gasteiger charge is -2.19. The van der Waals surface area contributed by atoms with Crippen LogP contribution in [0.15, 0.2) is 53.3 Å². The molecule has 3 aromatic rings. The number of amides is 2. The van der Waals surface area contributed by atoms with Crippen LogP contribution in [0.25, 0.3) is 11.8 Å². The van der Waals surface area contributed by atoms with Crippen molar-refractivity contribution < 1.29 is 22.8 Å². The monoisotopic (exact) mass is 572 g/mol. The topological polar surface area (TPSA) is 119 Å². The highest BCUT2D eigenvalue weighted by Gasteiger charge is 2.28. The Morgan fingerprint density at radius 1 is 1.15 bits per heavy atom. The predicted molar refractivity (Wildman–Crippen MR) is 149 cm³/mol. The van der Waals surface area contributed by atoms with Crippen molar-refractivity contribution in [3.63, 3.8) is 0 Å². The summed E-state index contributed by atoms with van der Waals surface area (Å²) in [5.74, 6) is -1.46. The number of hydrogen-bond acceptors (Lipinski definition) is 7. The van der Waals surface area contributed by atoms with Gasteiger partial charge in [0.2, 0.25) is 5.91 Å². The lowest BCUT2D eigenvalue weighted by Crippen LogP contribution is -2.37. The van der Waals surface area contributed by atoms with Crippen LogP contribution in [-0.4, -0.2) is 42.7 Å². The van der Waals surface area contributed by atoms with Crippen molar-refractivity contribution in [2.24, 2.45) is 0 Å². The molecule has 210 valence electrons. The average Bonchev–Trinajstić information content (AvgIpc) is 3.21. The quantitative estimate of drug-likeness (QED) is 0.363. The van der Waals surface area contributed by atoms with E-state index < -0.39 is 29.8 Å². The molecule has 0 fully saturated rings. The minimum Gasteiger partial charge on any atom is -0.365 e. The Labute approximate surface area is 231 Å². The number of hydrogen-bond donors (Lipinski definition) is 3. The minimum absolute atomic E-state index is 0.0542. The summed E-state index contributed by atoms with van der Waals surface area (Å²) >= 11 is 0.800. The van der Waals surface area contributed by atoms with Crippen molar-refractivity contribution in [3.05, 3.63) is 73.6 Å². The van der Waals surface area contributed by atoms with E-state index in [0.29, 0.717) is 11.4 Å². The fourth-order valence-corrected chi connectivity index (χ4v) is 4.75. The molecule has 0 atom stereocenters. The predicted octanol–water partition coefficient (Wildman–Crippen LogP) is 2.52. The largest absolute Gasteiger partial charge is 0.405 e. The van der Waals surface area contributed by atoms with Gasteiger partial charge in [-0.25, -0.2) is 0 Å². The first-order valence-corrected chi connectivity index (χ1v) is 12.9. The van der Waals surface area contributed by atoms with Gasteiger partial charge in [0, 0.05) is 36.9 Å². The fourth-order valence-electron chi connectivity index (χ4n) is 3.67. The van der Waals surface area contributed by atoms with E-state index in [-0.39, 0.29) is 28.2 Å². The third-order valence-electron chi connectivity index (χ3n) is 5.57. The molecule has 0 aliphatic heterocycles. The molecule has 0 aliphatic rings. The first-order valence-electron chi connectivity index (χ1n) is 12.0. The van der Waals surface area contributed by atoms with Gasteiger partial charge < -0.3 is 20.9 Å². The molecule has 0 aliphatic carbocycles. The zero-order chi connectivity index (χ0) is 29.4. The van der Waals surface area contributed by atoms with Crippen LogP contribution in [0.5, 0.6) is 0 Å². The van der Waals surface area contributed by atoms with Crippen LogP contribution in [0.2, 0.25) is 0 Å².